The average Bonchev–Trinajstić information content (AvgIpc) is 2.43. The molecule has 0 aliphatic rings. The zero-order valence-electron chi connectivity index (χ0n) is 12.3. The minimum atomic E-state index is -1.02. The van der Waals surface area contributed by atoms with Crippen molar-refractivity contribution >= 4 is 11.9 Å². The van der Waals surface area contributed by atoms with Crippen LogP contribution < -0.4 is 5.32 Å². The fourth-order valence-corrected chi connectivity index (χ4v) is 1.87. The zero-order valence-corrected chi connectivity index (χ0v) is 12.3. The van der Waals surface area contributed by atoms with E-state index < -0.39 is 17.9 Å². The van der Waals surface area contributed by atoms with Crippen molar-refractivity contribution in [2.45, 2.75) is 46.6 Å². The van der Waals surface area contributed by atoms with Crippen LogP contribution >= 0.6 is 0 Å². The van der Waals surface area contributed by atoms with Gasteiger partial charge in [-0.2, -0.15) is 10.2 Å². The van der Waals surface area contributed by atoms with E-state index in [0.717, 1.165) is 0 Å². The summed E-state index contributed by atoms with van der Waals surface area (Å²) in [6.07, 6.45) is 1.24. The van der Waals surface area contributed by atoms with E-state index in [1.165, 1.54) is 0 Å². The summed E-state index contributed by atoms with van der Waals surface area (Å²) in [6, 6.07) is 0.738. The van der Waals surface area contributed by atoms with Crippen LogP contribution in [0.1, 0.15) is 48.9 Å². The number of aromatic nitrogens is 2. The largest absolute Gasteiger partial charge is 0.480 e. The van der Waals surface area contributed by atoms with Gasteiger partial charge in [-0.25, -0.2) is 4.79 Å². The van der Waals surface area contributed by atoms with Crippen LogP contribution in [-0.2, 0) is 11.2 Å². The maximum atomic E-state index is 12.3. The second kappa shape index (κ2) is 6.98. The third kappa shape index (κ3) is 3.76. The summed E-state index contributed by atoms with van der Waals surface area (Å²) in [6.45, 7) is 7.31. The Morgan fingerprint density at radius 3 is 2.50 bits per heavy atom. The first-order valence-electron chi connectivity index (χ1n) is 6.77. The molecule has 1 unspecified atom stereocenters. The van der Waals surface area contributed by atoms with Crippen LogP contribution in [-0.4, -0.2) is 33.2 Å². The Morgan fingerprint density at radius 1 is 1.35 bits per heavy atom. The van der Waals surface area contributed by atoms with Crippen LogP contribution in [0.5, 0.6) is 0 Å². The van der Waals surface area contributed by atoms with Gasteiger partial charge in [0.05, 0.1) is 17.0 Å². The van der Waals surface area contributed by atoms with Gasteiger partial charge >= 0.3 is 5.97 Å². The van der Waals surface area contributed by atoms with Crippen molar-refractivity contribution in [3.63, 3.8) is 0 Å². The molecule has 1 amide bonds. The number of nitrogens with one attached hydrogen (secondary N) is 1. The highest BCUT2D eigenvalue weighted by molar-refractivity contribution is 5.97. The van der Waals surface area contributed by atoms with Gasteiger partial charge in [0, 0.05) is 0 Å². The molecule has 6 nitrogen and oxygen atoms in total. The molecule has 0 saturated heterocycles. The highest BCUT2D eigenvalue weighted by Gasteiger charge is 2.26. The lowest BCUT2D eigenvalue weighted by Crippen LogP contribution is -2.45. The zero-order chi connectivity index (χ0) is 15.3. The van der Waals surface area contributed by atoms with Crippen LogP contribution in [0.15, 0.2) is 6.07 Å². The van der Waals surface area contributed by atoms with Crippen molar-refractivity contribution in [2.24, 2.45) is 5.92 Å². The van der Waals surface area contributed by atoms with E-state index in [-0.39, 0.29) is 5.92 Å². The molecule has 0 aromatic carbocycles. The van der Waals surface area contributed by atoms with E-state index >= 15 is 0 Å². The SMILES string of the molecule is CCc1nnc(C)cc1C(=O)N[C@H](C(=O)O)C(C)CC. The molecule has 0 fully saturated rings. The summed E-state index contributed by atoms with van der Waals surface area (Å²) in [7, 11) is 0. The van der Waals surface area contributed by atoms with Crippen LogP contribution in [0.25, 0.3) is 0 Å². The molecule has 110 valence electrons. The maximum Gasteiger partial charge on any atom is 0.326 e. The van der Waals surface area contributed by atoms with Crippen LogP contribution in [0.2, 0.25) is 0 Å². The molecule has 2 N–H and O–H groups in total. The molecule has 1 aromatic heterocycles. The maximum absolute atomic E-state index is 12.3. The topological polar surface area (TPSA) is 92.2 Å². The molecule has 2 atom stereocenters. The minimum Gasteiger partial charge on any atom is -0.480 e. The van der Waals surface area contributed by atoms with Gasteiger partial charge < -0.3 is 10.4 Å². The summed E-state index contributed by atoms with van der Waals surface area (Å²) in [5.41, 5.74) is 1.60. The summed E-state index contributed by atoms with van der Waals surface area (Å²) >= 11 is 0. The smallest absolute Gasteiger partial charge is 0.326 e. The van der Waals surface area contributed by atoms with E-state index in [2.05, 4.69) is 15.5 Å². The summed E-state index contributed by atoms with van der Waals surface area (Å²) in [5.74, 6) is -1.57. The molecule has 0 aliphatic heterocycles. The van der Waals surface area contributed by atoms with Gasteiger partial charge in [0.15, 0.2) is 0 Å². The van der Waals surface area contributed by atoms with Crippen molar-refractivity contribution in [3.05, 3.63) is 23.0 Å². The van der Waals surface area contributed by atoms with E-state index in [1.807, 2.05) is 13.8 Å². The number of aryl methyl sites for hydroxylation is 2. The molecule has 1 heterocycles. The fraction of sp³-hybridized carbons (Fsp3) is 0.571. The molecule has 0 saturated carbocycles. The van der Waals surface area contributed by atoms with Gasteiger partial charge in [-0.3, -0.25) is 4.79 Å². The van der Waals surface area contributed by atoms with Gasteiger partial charge in [0.25, 0.3) is 5.91 Å². The third-order valence-electron chi connectivity index (χ3n) is 3.34. The summed E-state index contributed by atoms with van der Waals surface area (Å²) < 4.78 is 0. The van der Waals surface area contributed by atoms with Gasteiger partial charge in [0.2, 0.25) is 0 Å². The minimum absolute atomic E-state index is 0.141. The highest BCUT2D eigenvalue weighted by Crippen LogP contribution is 2.12. The molecule has 0 radical (unpaired) electrons. The number of carbonyl (C=O) groups is 2. The summed E-state index contributed by atoms with van der Waals surface area (Å²) in [4.78, 5) is 23.5. The molecular weight excluding hydrogens is 258 g/mol. The Hall–Kier alpha value is -1.98. The first kappa shape index (κ1) is 16.1. The molecule has 0 spiro atoms. The average molecular weight is 279 g/mol. The van der Waals surface area contributed by atoms with E-state index in [4.69, 9.17) is 0 Å². The normalized spacial score (nSPS) is 13.6. The number of hydrogen-bond acceptors (Lipinski definition) is 4. The van der Waals surface area contributed by atoms with Crippen molar-refractivity contribution in [1.29, 1.82) is 0 Å². The van der Waals surface area contributed by atoms with Crippen molar-refractivity contribution < 1.29 is 14.7 Å². The van der Waals surface area contributed by atoms with Crippen LogP contribution in [0.3, 0.4) is 0 Å². The van der Waals surface area contributed by atoms with Crippen LogP contribution in [0.4, 0.5) is 0 Å². The lowest BCUT2D eigenvalue weighted by atomic mass is 9.98. The van der Waals surface area contributed by atoms with Crippen molar-refractivity contribution in [1.82, 2.24) is 15.5 Å². The molecule has 20 heavy (non-hydrogen) atoms. The lowest BCUT2D eigenvalue weighted by Gasteiger charge is -2.20. The predicted molar refractivity (Wildman–Crippen MR) is 74.5 cm³/mol. The number of carboxylic acids is 1. The number of hydrogen-bond donors (Lipinski definition) is 2. The highest BCUT2D eigenvalue weighted by atomic mass is 16.4. The summed E-state index contributed by atoms with van der Waals surface area (Å²) in [5, 5.41) is 19.7. The van der Waals surface area contributed by atoms with Crippen molar-refractivity contribution in [3.8, 4) is 0 Å². The van der Waals surface area contributed by atoms with Gasteiger partial charge in [-0.05, 0) is 25.3 Å². The molecule has 6 heteroatoms. The quantitative estimate of drug-likeness (QED) is 0.824. The fourth-order valence-electron chi connectivity index (χ4n) is 1.87. The number of amides is 1. The molecule has 1 aromatic rings. The van der Waals surface area contributed by atoms with Crippen LogP contribution in [0, 0.1) is 12.8 Å². The standard InChI is InChI=1S/C14H21N3O3/c1-5-8(3)12(14(19)20)15-13(18)10-7-9(4)16-17-11(10)6-2/h7-8,12H,5-6H2,1-4H3,(H,15,18)(H,19,20)/t8?,12-/m0/s1. The monoisotopic (exact) mass is 279 g/mol. The Labute approximate surface area is 118 Å². The van der Waals surface area contributed by atoms with Crippen molar-refractivity contribution in [2.75, 3.05) is 0 Å². The first-order valence-corrected chi connectivity index (χ1v) is 6.77. The van der Waals surface area contributed by atoms with Gasteiger partial charge in [0.1, 0.15) is 6.04 Å². The third-order valence-corrected chi connectivity index (χ3v) is 3.34. The number of aliphatic carboxylic acids is 1. The predicted octanol–water partition coefficient (Wildman–Crippen LogP) is 1.58. The Balaban J connectivity index is 3.00. The van der Waals surface area contributed by atoms with E-state index in [1.54, 1.807) is 19.9 Å². The number of carboxylic acid groups (broad SMARTS) is 1. The molecule has 0 bridgehead atoms. The lowest BCUT2D eigenvalue weighted by molar-refractivity contribution is -0.140. The number of rotatable bonds is 6. The molecule has 1 rings (SSSR count). The van der Waals surface area contributed by atoms with E-state index in [9.17, 15) is 14.7 Å². The molecule has 0 aliphatic carbocycles. The Bertz CT molecular complexity index is 502. The second-order valence-electron chi connectivity index (χ2n) is 4.87. The number of carbonyl (C=O) groups excluding carboxylic acids is 1. The Kier molecular flexibility index (Phi) is 5.61. The number of nitrogens with zero attached hydrogens (tertiary/aromatic N) is 2. The second-order valence-corrected chi connectivity index (χ2v) is 4.87. The van der Waals surface area contributed by atoms with Gasteiger partial charge in [-0.15, -0.1) is 0 Å². The Morgan fingerprint density at radius 2 is 2.00 bits per heavy atom. The molecular formula is C14H21N3O3. The van der Waals surface area contributed by atoms with E-state index in [0.29, 0.717) is 29.8 Å². The first-order chi connectivity index (χ1) is 9.40. The van der Waals surface area contributed by atoms with Gasteiger partial charge in [-0.1, -0.05) is 27.2 Å².